The van der Waals surface area contributed by atoms with Gasteiger partial charge < -0.3 is 18.9 Å². The fourth-order valence-electron chi connectivity index (χ4n) is 3.14. The Morgan fingerprint density at radius 3 is 2.38 bits per heavy atom. The highest BCUT2D eigenvalue weighted by Gasteiger charge is 2.27. The lowest BCUT2D eigenvalue weighted by atomic mass is 9.97. The Labute approximate surface area is 143 Å². The summed E-state index contributed by atoms with van der Waals surface area (Å²) in [4.78, 5) is 14.2. The summed E-state index contributed by atoms with van der Waals surface area (Å²) in [5.74, 6) is 1.75. The van der Waals surface area contributed by atoms with Crippen molar-refractivity contribution in [1.82, 2.24) is 4.90 Å². The van der Waals surface area contributed by atoms with Crippen LogP contribution in [-0.2, 0) is 16.1 Å². The molecule has 0 amide bonds. The second-order valence-corrected chi connectivity index (χ2v) is 5.86. The molecule has 134 valence electrons. The Balaban J connectivity index is 2.11. The lowest BCUT2D eigenvalue weighted by Crippen LogP contribution is -2.38. The first-order valence-corrected chi connectivity index (χ1v) is 8.30. The van der Waals surface area contributed by atoms with Crippen LogP contribution in [0.15, 0.2) is 12.1 Å². The van der Waals surface area contributed by atoms with E-state index in [0.29, 0.717) is 23.9 Å². The van der Waals surface area contributed by atoms with Gasteiger partial charge in [0.2, 0.25) is 5.75 Å². The Kier molecular flexibility index (Phi) is 6.73. The molecule has 1 aromatic rings. The van der Waals surface area contributed by atoms with E-state index in [9.17, 15) is 4.79 Å². The van der Waals surface area contributed by atoms with Crippen LogP contribution in [0.1, 0.15) is 25.3 Å². The normalized spacial score (nSPS) is 18.1. The molecule has 1 fully saturated rings. The van der Waals surface area contributed by atoms with E-state index >= 15 is 0 Å². The van der Waals surface area contributed by atoms with E-state index in [1.54, 1.807) is 21.3 Å². The molecule has 1 aromatic carbocycles. The first-order chi connectivity index (χ1) is 11.6. The first-order valence-electron chi connectivity index (χ1n) is 8.30. The average Bonchev–Trinajstić information content (AvgIpc) is 2.61. The van der Waals surface area contributed by atoms with Gasteiger partial charge in [0, 0.05) is 13.1 Å². The van der Waals surface area contributed by atoms with E-state index in [4.69, 9.17) is 18.9 Å². The third kappa shape index (κ3) is 4.32. The molecular formula is C18H27NO5. The molecule has 0 aliphatic carbocycles. The second-order valence-electron chi connectivity index (χ2n) is 5.86. The molecule has 0 bridgehead atoms. The maximum Gasteiger partial charge on any atom is 0.310 e. The van der Waals surface area contributed by atoms with Gasteiger partial charge in [-0.15, -0.1) is 0 Å². The number of benzene rings is 1. The zero-order valence-electron chi connectivity index (χ0n) is 15.0. The molecule has 24 heavy (non-hydrogen) atoms. The number of hydrogen-bond acceptors (Lipinski definition) is 6. The number of piperidine rings is 1. The minimum atomic E-state index is -0.0907. The Bertz CT molecular complexity index is 535. The number of carbonyl (C=O) groups is 1. The molecule has 6 nitrogen and oxygen atoms in total. The average molecular weight is 337 g/mol. The summed E-state index contributed by atoms with van der Waals surface area (Å²) in [6.07, 6.45) is 1.89. The molecule has 0 aromatic heterocycles. The molecule has 1 saturated heterocycles. The van der Waals surface area contributed by atoms with Crippen molar-refractivity contribution in [1.29, 1.82) is 0 Å². The monoisotopic (exact) mass is 337 g/mol. The third-order valence-electron chi connectivity index (χ3n) is 4.26. The molecule has 6 heteroatoms. The van der Waals surface area contributed by atoms with Crippen LogP contribution in [-0.4, -0.2) is 51.9 Å². The molecule has 0 saturated carbocycles. The van der Waals surface area contributed by atoms with E-state index in [1.807, 2.05) is 19.1 Å². The van der Waals surface area contributed by atoms with Crippen molar-refractivity contribution in [3.63, 3.8) is 0 Å². The van der Waals surface area contributed by atoms with Crippen LogP contribution in [0, 0.1) is 5.92 Å². The van der Waals surface area contributed by atoms with Gasteiger partial charge in [0.25, 0.3) is 0 Å². The number of carbonyl (C=O) groups excluding carboxylic acids is 1. The maximum absolute atomic E-state index is 12.0. The molecule has 1 aliphatic heterocycles. The lowest BCUT2D eigenvalue weighted by Gasteiger charge is -2.31. The number of ether oxygens (including phenoxy) is 4. The van der Waals surface area contributed by atoms with Crippen molar-refractivity contribution in [2.24, 2.45) is 5.92 Å². The summed E-state index contributed by atoms with van der Waals surface area (Å²) in [6, 6.07) is 3.91. The van der Waals surface area contributed by atoms with E-state index in [0.717, 1.165) is 38.0 Å². The third-order valence-corrected chi connectivity index (χ3v) is 4.26. The highest BCUT2D eigenvalue weighted by atomic mass is 16.5. The van der Waals surface area contributed by atoms with Gasteiger partial charge in [-0.2, -0.15) is 0 Å². The predicted octanol–water partition coefficient (Wildman–Crippen LogP) is 2.49. The van der Waals surface area contributed by atoms with E-state index in [1.165, 1.54) is 0 Å². The summed E-state index contributed by atoms with van der Waals surface area (Å²) in [6.45, 7) is 4.69. The van der Waals surface area contributed by atoms with Crippen molar-refractivity contribution in [3.05, 3.63) is 17.7 Å². The SMILES string of the molecule is CCOC(=O)[C@H]1CCCN(Cc2cc(OC)c(OC)c(OC)c2)C1. The molecule has 0 radical (unpaired) electrons. The summed E-state index contributed by atoms with van der Waals surface area (Å²) < 4.78 is 21.3. The predicted molar refractivity (Wildman–Crippen MR) is 90.7 cm³/mol. The number of likely N-dealkylation sites (tertiary alicyclic amines) is 1. The number of hydrogen-bond donors (Lipinski definition) is 0. The minimum absolute atomic E-state index is 0.0410. The molecule has 0 N–H and O–H groups in total. The highest BCUT2D eigenvalue weighted by Crippen LogP contribution is 2.38. The van der Waals surface area contributed by atoms with E-state index < -0.39 is 0 Å². The van der Waals surface area contributed by atoms with Crippen molar-refractivity contribution < 1.29 is 23.7 Å². The van der Waals surface area contributed by atoms with Crippen molar-refractivity contribution >= 4 is 5.97 Å². The lowest BCUT2D eigenvalue weighted by molar-refractivity contribution is -0.150. The first kappa shape index (κ1) is 18.4. The van der Waals surface area contributed by atoms with Crippen molar-refractivity contribution in [2.45, 2.75) is 26.3 Å². The van der Waals surface area contributed by atoms with Gasteiger partial charge in [0.05, 0.1) is 33.9 Å². The zero-order chi connectivity index (χ0) is 17.5. The smallest absolute Gasteiger partial charge is 0.310 e. The van der Waals surface area contributed by atoms with Crippen molar-refractivity contribution in [3.8, 4) is 17.2 Å². The van der Waals surface area contributed by atoms with Gasteiger partial charge in [-0.25, -0.2) is 0 Å². The van der Waals surface area contributed by atoms with Crippen LogP contribution >= 0.6 is 0 Å². The molecule has 0 unspecified atom stereocenters. The molecule has 1 aliphatic rings. The fourth-order valence-corrected chi connectivity index (χ4v) is 3.14. The summed E-state index contributed by atoms with van der Waals surface area (Å²) >= 11 is 0. The van der Waals surface area contributed by atoms with Crippen LogP contribution in [0.2, 0.25) is 0 Å². The topological polar surface area (TPSA) is 57.2 Å². The number of esters is 1. The summed E-state index contributed by atoms with van der Waals surface area (Å²) in [5, 5.41) is 0. The van der Waals surface area contributed by atoms with Crippen molar-refractivity contribution in [2.75, 3.05) is 41.0 Å². The fraction of sp³-hybridized carbons (Fsp3) is 0.611. The molecule has 1 atom stereocenters. The highest BCUT2D eigenvalue weighted by molar-refractivity contribution is 5.72. The molecule has 0 spiro atoms. The van der Waals surface area contributed by atoms with Crippen LogP contribution in [0.4, 0.5) is 0 Å². The Hall–Kier alpha value is -1.95. The quantitative estimate of drug-likeness (QED) is 0.713. The summed E-state index contributed by atoms with van der Waals surface area (Å²) in [5.41, 5.74) is 1.06. The number of rotatable bonds is 7. The maximum atomic E-state index is 12.0. The van der Waals surface area contributed by atoms with E-state index in [2.05, 4.69) is 4.90 Å². The van der Waals surface area contributed by atoms with Crippen LogP contribution in [0.25, 0.3) is 0 Å². The molecule has 1 heterocycles. The van der Waals surface area contributed by atoms with Crippen LogP contribution in [0.5, 0.6) is 17.2 Å². The van der Waals surface area contributed by atoms with Gasteiger partial charge in [0.15, 0.2) is 11.5 Å². The number of nitrogens with zero attached hydrogens (tertiary/aromatic N) is 1. The van der Waals surface area contributed by atoms with Gasteiger partial charge in [-0.05, 0) is 44.0 Å². The van der Waals surface area contributed by atoms with Crippen LogP contribution in [0.3, 0.4) is 0 Å². The summed E-state index contributed by atoms with van der Waals surface area (Å²) in [7, 11) is 4.81. The molecule has 2 rings (SSSR count). The van der Waals surface area contributed by atoms with E-state index in [-0.39, 0.29) is 11.9 Å². The van der Waals surface area contributed by atoms with Gasteiger partial charge >= 0.3 is 5.97 Å². The zero-order valence-corrected chi connectivity index (χ0v) is 15.0. The standard InChI is InChI=1S/C18H27NO5/c1-5-24-18(20)14-7-6-8-19(12-14)11-13-9-15(21-2)17(23-4)16(10-13)22-3/h9-10,14H,5-8,11-12H2,1-4H3/t14-/m0/s1. The number of methoxy groups -OCH3 is 3. The second kappa shape index (κ2) is 8.78. The minimum Gasteiger partial charge on any atom is -0.493 e. The van der Waals surface area contributed by atoms with Gasteiger partial charge in [-0.3, -0.25) is 9.69 Å². The Morgan fingerprint density at radius 2 is 1.83 bits per heavy atom. The van der Waals surface area contributed by atoms with Crippen LogP contribution < -0.4 is 14.2 Å². The van der Waals surface area contributed by atoms with Gasteiger partial charge in [-0.1, -0.05) is 0 Å². The van der Waals surface area contributed by atoms with Gasteiger partial charge in [0.1, 0.15) is 0 Å². The Morgan fingerprint density at radius 1 is 1.17 bits per heavy atom. The molecular weight excluding hydrogens is 310 g/mol. The largest absolute Gasteiger partial charge is 0.493 e.